The maximum Gasteiger partial charge on any atom is 0.410 e. The summed E-state index contributed by atoms with van der Waals surface area (Å²) in [5.74, 6) is -1.35. The van der Waals surface area contributed by atoms with Crippen LogP contribution < -0.4 is 10.6 Å². The molecule has 4 aliphatic rings. The lowest BCUT2D eigenvalue weighted by Crippen LogP contribution is -2.54. The first-order valence-electron chi connectivity index (χ1n) is 19.0. The van der Waals surface area contributed by atoms with E-state index in [0.717, 1.165) is 21.8 Å². The average Bonchev–Trinajstić information content (AvgIpc) is 3.98. The smallest absolute Gasteiger partial charge is 0.410 e. The van der Waals surface area contributed by atoms with Gasteiger partial charge in [0.2, 0.25) is 23.6 Å². The SMILES string of the molecule is CC(C)C(C(=O)N1CCC[C@H]1C(=O)Nc1ccc2c3ccc(NC(=O)[C@@H]4CCCN4C(=O)C(C(C)C)N4CCOC4=O)cc3n(C)c2c1)N1CCOC1=O. The van der Waals surface area contributed by atoms with Gasteiger partial charge < -0.3 is 34.5 Å². The Bertz CT molecular complexity index is 1870. The normalized spacial score (nSPS) is 21.4. The van der Waals surface area contributed by atoms with Crippen LogP contribution in [0, 0.1) is 11.8 Å². The first-order valence-corrected chi connectivity index (χ1v) is 19.0. The van der Waals surface area contributed by atoms with E-state index in [1.165, 1.54) is 9.80 Å². The topological polar surface area (TPSA) is 163 Å². The predicted molar refractivity (Wildman–Crippen MR) is 201 cm³/mol. The van der Waals surface area contributed by atoms with Crippen molar-refractivity contribution >= 4 is 69.0 Å². The van der Waals surface area contributed by atoms with Crippen molar-refractivity contribution < 1.29 is 38.2 Å². The fraction of sp³-hybridized carbons (Fsp3) is 0.538. The lowest BCUT2D eigenvalue weighted by molar-refractivity contribution is -0.141. The summed E-state index contributed by atoms with van der Waals surface area (Å²) in [6.45, 7) is 9.60. The molecular formula is C39H49N7O8. The monoisotopic (exact) mass is 743 g/mol. The van der Waals surface area contributed by atoms with Crippen LogP contribution in [0.1, 0.15) is 53.4 Å². The molecule has 6 amide bonds. The number of carbonyl (C=O) groups excluding carboxylic acids is 6. The quantitative estimate of drug-likeness (QED) is 0.313. The van der Waals surface area contributed by atoms with Gasteiger partial charge in [-0.15, -0.1) is 0 Å². The van der Waals surface area contributed by atoms with E-state index in [-0.39, 0.29) is 48.7 Å². The van der Waals surface area contributed by atoms with Gasteiger partial charge in [-0.05, 0) is 61.8 Å². The molecule has 5 heterocycles. The van der Waals surface area contributed by atoms with Crippen LogP contribution in [0.4, 0.5) is 21.0 Å². The van der Waals surface area contributed by atoms with E-state index in [1.807, 2.05) is 75.7 Å². The summed E-state index contributed by atoms with van der Waals surface area (Å²) >= 11 is 0. The van der Waals surface area contributed by atoms with Gasteiger partial charge in [-0.2, -0.15) is 0 Å². The summed E-state index contributed by atoms with van der Waals surface area (Å²) in [6, 6.07) is 8.64. The van der Waals surface area contributed by atoms with Crippen LogP contribution in [0.2, 0.25) is 0 Å². The van der Waals surface area contributed by atoms with Gasteiger partial charge in [0.05, 0.1) is 24.1 Å². The number of aromatic nitrogens is 1. The first kappa shape index (κ1) is 37.0. The highest BCUT2D eigenvalue weighted by molar-refractivity contribution is 6.11. The Morgan fingerprint density at radius 1 is 0.648 bits per heavy atom. The highest BCUT2D eigenvalue weighted by atomic mass is 16.6. The Labute approximate surface area is 313 Å². The molecule has 7 rings (SSSR count). The number of carbonyl (C=O) groups is 6. The van der Waals surface area contributed by atoms with Crippen LogP contribution in [-0.4, -0.2) is 124 Å². The Balaban J connectivity index is 1.05. The molecule has 0 spiro atoms. The summed E-state index contributed by atoms with van der Waals surface area (Å²) < 4.78 is 12.2. The summed E-state index contributed by atoms with van der Waals surface area (Å²) in [4.78, 5) is 85.7. The number of ether oxygens (including phenoxy) is 2. The third-order valence-electron chi connectivity index (χ3n) is 11.2. The average molecular weight is 744 g/mol. The predicted octanol–water partition coefficient (Wildman–Crippen LogP) is 4.14. The molecule has 15 heteroatoms. The number of cyclic esters (lactones) is 2. The molecule has 0 aliphatic carbocycles. The van der Waals surface area contributed by atoms with Gasteiger partial charge in [0, 0.05) is 42.3 Å². The molecule has 2 N–H and O–H groups in total. The number of hydrogen-bond donors (Lipinski definition) is 2. The van der Waals surface area contributed by atoms with Crippen molar-refractivity contribution in [3.63, 3.8) is 0 Å². The maximum absolute atomic E-state index is 13.8. The Kier molecular flexibility index (Phi) is 10.2. The minimum atomic E-state index is -0.700. The highest BCUT2D eigenvalue weighted by Gasteiger charge is 2.45. The van der Waals surface area contributed by atoms with Gasteiger partial charge in [0.1, 0.15) is 37.4 Å². The summed E-state index contributed by atoms with van der Waals surface area (Å²) in [5, 5.41) is 7.98. The second kappa shape index (κ2) is 14.8. The molecule has 4 atom stereocenters. The summed E-state index contributed by atoms with van der Waals surface area (Å²) in [7, 11) is 1.92. The standard InChI is InChI=1S/C39H49N7O8/c1-22(2)32(45-16-18-53-38(45)51)36(49)43-14-6-8-28(43)34(47)40-24-10-12-26-27-13-11-25(21-31(27)42(5)30(26)20-24)41-35(48)29-9-7-15-44(29)37(50)33(23(3)4)46-17-19-54-39(46)52/h10-13,20-23,28-29,32-33H,6-9,14-19H2,1-5H3,(H,40,47)(H,41,48)/t28-,29-,32?,33?/m0/s1. The van der Waals surface area contributed by atoms with Gasteiger partial charge in [-0.1, -0.05) is 39.8 Å². The fourth-order valence-electron chi connectivity index (χ4n) is 8.63. The van der Waals surface area contributed by atoms with Gasteiger partial charge in [-0.3, -0.25) is 29.0 Å². The summed E-state index contributed by atoms with van der Waals surface area (Å²) in [6.07, 6.45) is 1.41. The van der Waals surface area contributed by atoms with Crippen molar-refractivity contribution in [2.24, 2.45) is 18.9 Å². The van der Waals surface area contributed by atoms with E-state index < -0.39 is 36.4 Å². The molecule has 3 aromatic rings. The number of fused-ring (bicyclic) bond motifs is 3. The molecule has 1 aromatic heterocycles. The molecule has 4 saturated heterocycles. The van der Waals surface area contributed by atoms with E-state index in [2.05, 4.69) is 10.6 Å². The van der Waals surface area contributed by atoms with E-state index >= 15 is 0 Å². The van der Waals surface area contributed by atoms with Crippen LogP contribution >= 0.6 is 0 Å². The molecule has 2 unspecified atom stereocenters. The number of anilines is 2. The van der Waals surface area contributed by atoms with E-state index in [0.29, 0.717) is 63.2 Å². The largest absolute Gasteiger partial charge is 0.448 e. The third kappa shape index (κ3) is 6.68. The van der Waals surface area contributed by atoms with Gasteiger partial charge >= 0.3 is 12.2 Å². The van der Waals surface area contributed by atoms with Gasteiger partial charge in [-0.25, -0.2) is 9.59 Å². The van der Waals surface area contributed by atoms with Crippen LogP contribution in [0.25, 0.3) is 21.8 Å². The number of aryl methyl sites for hydroxylation is 1. The number of benzene rings is 2. The zero-order valence-electron chi connectivity index (χ0n) is 31.5. The molecule has 4 fully saturated rings. The van der Waals surface area contributed by atoms with E-state index in [4.69, 9.17) is 9.47 Å². The molecule has 15 nitrogen and oxygen atoms in total. The zero-order valence-corrected chi connectivity index (χ0v) is 31.5. The molecule has 288 valence electrons. The van der Waals surface area contributed by atoms with Crippen molar-refractivity contribution in [3.8, 4) is 0 Å². The van der Waals surface area contributed by atoms with Crippen molar-refractivity contribution in [1.29, 1.82) is 0 Å². The Morgan fingerprint density at radius 3 is 1.41 bits per heavy atom. The lowest BCUT2D eigenvalue weighted by Gasteiger charge is -2.33. The van der Waals surface area contributed by atoms with Crippen LogP contribution in [0.3, 0.4) is 0 Å². The molecule has 0 radical (unpaired) electrons. The molecule has 0 saturated carbocycles. The lowest BCUT2D eigenvalue weighted by atomic mass is 10.0. The van der Waals surface area contributed by atoms with Gasteiger partial charge in [0.25, 0.3) is 0 Å². The fourth-order valence-corrected chi connectivity index (χ4v) is 8.63. The van der Waals surface area contributed by atoms with Crippen molar-refractivity contribution in [2.75, 3.05) is 50.0 Å². The maximum atomic E-state index is 13.8. The van der Waals surface area contributed by atoms with E-state index in [1.54, 1.807) is 9.80 Å². The minimum absolute atomic E-state index is 0.150. The van der Waals surface area contributed by atoms with Crippen LogP contribution in [0.15, 0.2) is 36.4 Å². The zero-order chi connectivity index (χ0) is 38.4. The van der Waals surface area contributed by atoms with Crippen LogP contribution in [0.5, 0.6) is 0 Å². The number of nitrogens with zero attached hydrogens (tertiary/aromatic N) is 5. The molecule has 0 bridgehead atoms. The second-order valence-corrected chi connectivity index (χ2v) is 15.4. The molecule has 54 heavy (non-hydrogen) atoms. The minimum Gasteiger partial charge on any atom is -0.448 e. The molecule has 2 aromatic carbocycles. The molecular weight excluding hydrogens is 694 g/mol. The number of nitrogens with one attached hydrogen (secondary N) is 2. The third-order valence-corrected chi connectivity index (χ3v) is 11.2. The second-order valence-electron chi connectivity index (χ2n) is 15.4. The van der Waals surface area contributed by atoms with Gasteiger partial charge in [0.15, 0.2) is 0 Å². The first-order chi connectivity index (χ1) is 25.8. The number of rotatable bonds is 10. The highest BCUT2D eigenvalue weighted by Crippen LogP contribution is 2.33. The van der Waals surface area contributed by atoms with Crippen LogP contribution in [-0.2, 0) is 35.7 Å². The van der Waals surface area contributed by atoms with Crippen molar-refractivity contribution in [3.05, 3.63) is 36.4 Å². The Hall–Kier alpha value is -5.34. The number of hydrogen-bond acceptors (Lipinski definition) is 8. The number of likely N-dealkylation sites (tertiary alicyclic amines) is 2. The van der Waals surface area contributed by atoms with Crippen molar-refractivity contribution in [2.45, 2.75) is 77.5 Å². The molecule has 4 aliphatic heterocycles. The van der Waals surface area contributed by atoms with Crippen molar-refractivity contribution in [1.82, 2.24) is 24.2 Å². The number of amides is 6. The Morgan fingerprint density at radius 2 is 1.06 bits per heavy atom. The van der Waals surface area contributed by atoms with E-state index in [9.17, 15) is 28.8 Å². The summed E-state index contributed by atoms with van der Waals surface area (Å²) in [5.41, 5.74) is 2.90.